The predicted octanol–water partition coefficient (Wildman–Crippen LogP) is 3.14. The van der Waals surface area contributed by atoms with Gasteiger partial charge in [-0.2, -0.15) is 13.2 Å². The summed E-state index contributed by atoms with van der Waals surface area (Å²) in [5.41, 5.74) is -3.49. The lowest BCUT2D eigenvalue weighted by atomic mass is 9.76. The van der Waals surface area contributed by atoms with Crippen molar-refractivity contribution < 1.29 is 32.6 Å². The van der Waals surface area contributed by atoms with Crippen LogP contribution in [0, 0.1) is 5.92 Å². The van der Waals surface area contributed by atoms with Crippen LogP contribution in [-0.2, 0) is 0 Å². The van der Waals surface area contributed by atoms with Gasteiger partial charge in [-0.25, -0.2) is 4.79 Å². The van der Waals surface area contributed by atoms with E-state index in [9.17, 15) is 27.9 Å². The van der Waals surface area contributed by atoms with E-state index in [1.807, 2.05) is 0 Å². The fourth-order valence-electron chi connectivity index (χ4n) is 3.48. The maximum absolute atomic E-state index is 14.0. The van der Waals surface area contributed by atoms with Gasteiger partial charge in [-0.1, -0.05) is 42.5 Å². The lowest BCUT2D eigenvalue weighted by Crippen LogP contribution is -2.72. The van der Waals surface area contributed by atoms with Gasteiger partial charge < -0.3 is 15.2 Å². The van der Waals surface area contributed by atoms with Gasteiger partial charge in [-0.05, 0) is 17.7 Å². The highest BCUT2D eigenvalue weighted by Gasteiger charge is 2.69. The monoisotopic (exact) mass is 408 g/mol. The molecule has 1 saturated heterocycles. The number of hydrogen-bond acceptors (Lipinski definition) is 4. The molecule has 0 unspecified atom stereocenters. The number of halogens is 3. The first-order chi connectivity index (χ1) is 13.6. The summed E-state index contributed by atoms with van der Waals surface area (Å²) in [4.78, 5) is 25.6. The van der Waals surface area contributed by atoms with Crippen LogP contribution in [0.2, 0.25) is 0 Å². The van der Waals surface area contributed by atoms with Crippen molar-refractivity contribution in [1.82, 2.24) is 10.2 Å². The van der Waals surface area contributed by atoms with Crippen LogP contribution in [0.3, 0.4) is 0 Å². The Balaban J connectivity index is 2.18. The molecule has 0 aromatic heterocycles. The normalized spacial score (nSPS) is 24.8. The first-order valence-corrected chi connectivity index (χ1v) is 8.68. The van der Waals surface area contributed by atoms with E-state index in [1.165, 1.54) is 55.6 Å². The number of carbonyl (C=O) groups is 2. The van der Waals surface area contributed by atoms with Gasteiger partial charge in [0.1, 0.15) is 11.7 Å². The number of aliphatic hydroxyl groups is 1. The molecule has 1 fully saturated rings. The second kappa shape index (κ2) is 7.40. The molecular weight excluding hydrogens is 389 g/mol. The molecule has 3 atom stereocenters. The van der Waals surface area contributed by atoms with Crippen LogP contribution >= 0.6 is 0 Å². The van der Waals surface area contributed by atoms with Gasteiger partial charge in [0.05, 0.1) is 13.2 Å². The molecule has 3 rings (SSSR count). The molecular formula is C20H19F3N2O4. The fraction of sp³-hybridized carbons (Fsp3) is 0.300. The highest BCUT2D eigenvalue weighted by atomic mass is 19.4. The molecule has 154 valence electrons. The van der Waals surface area contributed by atoms with Crippen molar-refractivity contribution in [2.24, 2.45) is 5.92 Å². The molecule has 6 nitrogen and oxygen atoms in total. The standard InChI is InChI=1S/C20H19F3N2O4/c1-25-18(27)24-16(12-8-10-14(29-2)11-9-12)15(19(25,28)20(21,22)23)17(26)13-6-4-3-5-7-13/h3-11,15-16,28H,1-2H3,(H,24,27)/t15-,16-,19+/m1/s1. The number of ether oxygens (including phenoxy) is 1. The second-order valence-electron chi connectivity index (χ2n) is 6.69. The highest BCUT2D eigenvalue weighted by molar-refractivity contribution is 6.00. The van der Waals surface area contributed by atoms with Crippen molar-refractivity contribution in [3.63, 3.8) is 0 Å². The number of methoxy groups -OCH3 is 1. The van der Waals surface area contributed by atoms with Crippen LogP contribution in [0.15, 0.2) is 54.6 Å². The summed E-state index contributed by atoms with van der Waals surface area (Å²) in [6.07, 6.45) is -5.28. The molecule has 0 spiro atoms. The van der Waals surface area contributed by atoms with Gasteiger partial charge in [-0.3, -0.25) is 9.69 Å². The number of ketones is 1. The van der Waals surface area contributed by atoms with E-state index in [1.54, 1.807) is 6.07 Å². The predicted molar refractivity (Wildman–Crippen MR) is 97.3 cm³/mol. The van der Waals surface area contributed by atoms with Crippen molar-refractivity contribution in [2.75, 3.05) is 14.2 Å². The summed E-state index contributed by atoms with van der Waals surface area (Å²) >= 11 is 0. The lowest BCUT2D eigenvalue weighted by Gasteiger charge is -2.49. The summed E-state index contributed by atoms with van der Waals surface area (Å²) in [6.45, 7) is 0. The molecule has 1 heterocycles. The molecule has 2 N–H and O–H groups in total. The smallest absolute Gasteiger partial charge is 0.437 e. The molecule has 2 aromatic carbocycles. The average Bonchev–Trinajstić information content (AvgIpc) is 2.71. The molecule has 0 aliphatic carbocycles. The number of nitrogens with one attached hydrogen (secondary N) is 1. The van der Waals surface area contributed by atoms with Crippen LogP contribution in [0.1, 0.15) is 22.0 Å². The Morgan fingerprint density at radius 1 is 1.14 bits per heavy atom. The van der Waals surface area contributed by atoms with Gasteiger partial charge >= 0.3 is 12.2 Å². The number of Topliss-reactive ketones (excluding diaryl/α,β-unsaturated/α-hetero) is 1. The molecule has 2 amide bonds. The topological polar surface area (TPSA) is 78.9 Å². The van der Waals surface area contributed by atoms with Gasteiger partial charge in [0, 0.05) is 12.6 Å². The minimum absolute atomic E-state index is 0.0109. The summed E-state index contributed by atoms with van der Waals surface area (Å²) in [6, 6.07) is 10.7. The minimum atomic E-state index is -5.28. The molecule has 0 bridgehead atoms. The summed E-state index contributed by atoms with van der Waals surface area (Å²) in [7, 11) is 2.23. The van der Waals surface area contributed by atoms with Crippen molar-refractivity contribution in [3.8, 4) is 5.75 Å². The maximum atomic E-state index is 14.0. The van der Waals surface area contributed by atoms with E-state index in [0.717, 1.165) is 7.05 Å². The van der Waals surface area contributed by atoms with Crippen molar-refractivity contribution in [1.29, 1.82) is 0 Å². The molecule has 0 radical (unpaired) electrons. The Morgan fingerprint density at radius 3 is 2.24 bits per heavy atom. The number of alkyl halides is 3. The van der Waals surface area contributed by atoms with Gasteiger partial charge in [0.25, 0.3) is 5.72 Å². The van der Waals surface area contributed by atoms with E-state index in [4.69, 9.17) is 4.74 Å². The summed E-state index contributed by atoms with van der Waals surface area (Å²) in [5, 5.41) is 13.2. The van der Waals surface area contributed by atoms with Gasteiger partial charge in [-0.15, -0.1) is 0 Å². The Kier molecular flexibility index (Phi) is 5.27. The molecule has 0 saturated carbocycles. The Bertz CT molecular complexity index is 902. The number of nitrogens with zero attached hydrogens (tertiary/aromatic N) is 1. The third-order valence-corrected chi connectivity index (χ3v) is 5.09. The second-order valence-corrected chi connectivity index (χ2v) is 6.69. The van der Waals surface area contributed by atoms with E-state index >= 15 is 0 Å². The number of urea groups is 1. The van der Waals surface area contributed by atoms with Crippen molar-refractivity contribution >= 4 is 11.8 Å². The highest BCUT2D eigenvalue weighted by Crippen LogP contribution is 2.47. The van der Waals surface area contributed by atoms with Crippen LogP contribution < -0.4 is 10.1 Å². The quantitative estimate of drug-likeness (QED) is 0.762. The first kappa shape index (κ1) is 20.7. The zero-order valence-corrected chi connectivity index (χ0v) is 15.6. The summed E-state index contributed by atoms with van der Waals surface area (Å²) < 4.78 is 47.2. The zero-order valence-electron chi connectivity index (χ0n) is 15.6. The van der Waals surface area contributed by atoms with Crippen LogP contribution in [0.25, 0.3) is 0 Å². The number of benzene rings is 2. The lowest BCUT2D eigenvalue weighted by molar-refractivity contribution is -0.322. The number of carbonyl (C=O) groups excluding carboxylic acids is 2. The van der Waals surface area contributed by atoms with Crippen molar-refractivity contribution in [2.45, 2.75) is 17.9 Å². The average molecular weight is 408 g/mol. The third kappa shape index (κ3) is 3.42. The number of hydrogen-bond donors (Lipinski definition) is 2. The fourth-order valence-corrected chi connectivity index (χ4v) is 3.48. The van der Waals surface area contributed by atoms with E-state index in [0.29, 0.717) is 5.75 Å². The zero-order chi connectivity index (χ0) is 21.4. The Morgan fingerprint density at radius 2 is 1.72 bits per heavy atom. The van der Waals surface area contributed by atoms with E-state index in [-0.39, 0.29) is 16.0 Å². The van der Waals surface area contributed by atoms with Crippen LogP contribution in [-0.4, -0.2) is 47.9 Å². The maximum Gasteiger partial charge on any atom is 0.437 e. The van der Waals surface area contributed by atoms with Gasteiger partial charge in [0.2, 0.25) is 0 Å². The molecule has 1 aliphatic rings. The van der Waals surface area contributed by atoms with Crippen molar-refractivity contribution in [3.05, 3.63) is 65.7 Å². The summed E-state index contributed by atoms with van der Waals surface area (Å²) in [5.74, 6) is -2.54. The molecule has 9 heteroatoms. The Labute approximate surface area is 164 Å². The third-order valence-electron chi connectivity index (χ3n) is 5.09. The number of amides is 2. The van der Waals surface area contributed by atoms with Crippen LogP contribution in [0.5, 0.6) is 5.75 Å². The number of rotatable bonds is 4. The van der Waals surface area contributed by atoms with E-state index in [2.05, 4.69) is 5.32 Å². The van der Waals surface area contributed by atoms with Crippen LogP contribution in [0.4, 0.5) is 18.0 Å². The SMILES string of the molecule is COc1ccc([C@H]2NC(=O)N(C)[C@@](O)(C(F)(F)F)[C@H]2C(=O)c2ccccc2)cc1. The largest absolute Gasteiger partial charge is 0.497 e. The molecule has 2 aromatic rings. The first-order valence-electron chi connectivity index (χ1n) is 8.68. The minimum Gasteiger partial charge on any atom is -0.497 e. The molecule has 1 aliphatic heterocycles. The van der Waals surface area contributed by atoms with Gasteiger partial charge in [0.15, 0.2) is 5.78 Å². The van der Waals surface area contributed by atoms with E-state index < -0.39 is 35.7 Å². The molecule has 29 heavy (non-hydrogen) atoms. The Hall–Kier alpha value is -3.07.